The standard InChI is InChI=1S/C19H20FNO3/c1-23-16-9-14(10-16)17-8-7-15(11-18(17)20)21-19(22)24-12-13-5-3-2-4-6-13/h2-8,11,14,16H,9-10,12H2,1H3,(H,21,22). The summed E-state index contributed by atoms with van der Waals surface area (Å²) in [4.78, 5) is 11.8. The molecule has 3 rings (SSSR count). The van der Waals surface area contributed by atoms with Gasteiger partial charge in [0, 0.05) is 12.8 Å². The van der Waals surface area contributed by atoms with E-state index in [1.165, 1.54) is 6.07 Å². The summed E-state index contributed by atoms with van der Waals surface area (Å²) in [5, 5.41) is 2.55. The predicted octanol–water partition coefficient (Wildman–Crippen LogP) is 4.47. The van der Waals surface area contributed by atoms with E-state index in [0.717, 1.165) is 18.4 Å². The zero-order valence-corrected chi connectivity index (χ0v) is 13.5. The first-order valence-corrected chi connectivity index (χ1v) is 7.95. The fourth-order valence-electron chi connectivity index (χ4n) is 2.83. The van der Waals surface area contributed by atoms with Gasteiger partial charge < -0.3 is 9.47 Å². The van der Waals surface area contributed by atoms with Gasteiger partial charge in [-0.05, 0) is 42.0 Å². The normalized spacial score (nSPS) is 19.4. The molecule has 0 aromatic heterocycles. The molecule has 5 heteroatoms. The van der Waals surface area contributed by atoms with Crippen LogP contribution in [0, 0.1) is 5.82 Å². The Morgan fingerprint density at radius 1 is 1.21 bits per heavy atom. The van der Waals surface area contributed by atoms with Crippen LogP contribution < -0.4 is 5.32 Å². The number of amides is 1. The molecule has 1 saturated carbocycles. The Labute approximate surface area is 140 Å². The summed E-state index contributed by atoms with van der Waals surface area (Å²) in [6, 6.07) is 14.1. The van der Waals surface area contributed by atoms with Crippen molar-refractivity contribution in [2.24, 2.45) is 0 Å². The number of carbonyl (C=O) groups is 1. The molecule has 1 aliphatic carbocycles. The second-order valence-corrected chi connectivity index (χ2v) is 5.95. The largest absolute Gasteiger partial charge is 0.444 e. The molecule has 1 fully saturated rings. The molecule has 0 unspecified atom stereocenters. The highest BCUT2D eigenvalue weighted by atomic mass is 19.1. The lowest BCUT2D eigenvalue weighted by atomic mass is 9.77. The number of anilines is 1. The second-order valence-electron chi connectivity index (χ2n) is 5.95. The molecular formula is C19H20FNO3. The van der Waals surface area contributed by atoms with E-state index in [9.17, 15) is 9.18 Å². The molecule has 1 N–H and O–H groups in total. The van der Waals surface area contributed by atoms with Gasteiger partial charge in [0.2, 0.25) is 0 Å². The molecule has 0 radical (unpaired) electrons. The van der Waals surface area contributed by atoms with Crippen molar-refractivity contribution in [3.63, 3.8) is 0 Å². The summed E-state index contributed by atoms with van der Waals surface area (Å²) in [7, 11) is 1.67. The predicted molar refractivity (Wildman–Crippen MR) is 89.4 cm³/mol. The molecule has 0 saturated heterocycles. The van der Waals surface area contributed by atoms with E-state index in [1.54, 1.807) is 19.2 Å². The van der Waals surface area contributed by atoms with Crippen LogP contribution in [0.3, 0.4) is 0 Å². The van der Waals surface area contributed by atoms with Gasteiger partial charge in [-0.15, -0.1) is 0 Å². The van der Waals surface area contributed by atoms with Crippen LogP contribution in [0.5, 0.6) is 0 Å². The van der Waals surface area contributed by atoms with Crippen molar-refractivity contribution in [2.75, 3.05) is 12.4 Å². The Morgan fingerprint density at radius 2 is 1.96 bits per heavy atom. The number of ether oxygens (including phenoxy) is 2. The lowest BCUT2D eigenvalue weighted by Gasteiger charge is -2.34. The van der Waals surface area contributed by atoms with Crippen molar-refractivity contribution in [3.05, 3.63) is 65.5 Å². The molecular weight excluding hydrogens is 309 g/mol. The molecule has 0 atom stereocenters. The minimum absolute atomic E-state index is 0.174. The Bertz CT molecular complexity index is 699. The first-order valence-electron chi connectivity index (χ1n) is 7.95. The van der Waals surface area contributed by atoms with Crippen LogP contribution in [0.25, 0.3) is 0 Å². The number of carbonyl (C=O) groups excluding carboxylic acids is 1. The van der Waals surface area contributed by atoms with E-state index in [-0.39, 0.29) is 24.4 Å². The van der Waals surface area contributed by atoms with E-state index < -0.39 is 6.09 Å². The Morgan fingerprint density at radius 3 is 2.62 bits per heavy atom. The molecule has 0 spiro atoms. The number of methoxy groups -OCH3 is 1. The summed E-state index contributed by atoms with van der Waals surface area (Å²) in [6.45, 7) is 0.174. The van der Waals surface area contributed by atoms with Gasteiger partial charge >= 0.3 is 6.09 Å². The first kappa shape index (κ1) is 16.5. The van der Waals surface area contributed by atoms with Gasteiger partial charge in [0.15, 0.2) is 0 Å². The lowest BCUT2D eigenvalue weighted by Crippen LogP contribution is -2.29. The maximum atomic E-state index is 14.2. The zero-order valence-electron chi connectivity index (χ0n) is 13.5. The Kier molecular flexibility index (Phi) is 5.11. The third kappa shape index (κ3) is 3.92. The Balaban J connectivity index is 1.53. The van der Waals surface area contributed by atoms with Crippen molar-refractivity contribution >= 4 is 11.8 Å². The maximum Gasteiger partial charge on any atom is 0.411 e. The second kappa shape index (κ2) is 7.45. The van der Waals surface area contributed by atoms with Crippen LogP contribution in [-0.4, -0.2) is 19.3 Å². The van der Waals surface area contributed by atoms with Crippen LogP contribution in [0.2, 0.25) is 0 Å². The van der Waals surface area contributed by atoms with Gasteiger partial charge in [-0.3, -0.25) is 5.32 Å². The van der Waals surface area contributed by atoms with Crippen LogP contribution in [0.15, 0.2) is 48.5 Å². The Hall–Kier alpha value is -2.40. The smallest absolute Gasteiger partial charge is 0.411 e. The maximum absolute atomic E-state index is 14.2. The number of rotatable bonds is 5. The molecule has 0 bridgehead atoms. The third-order valence-corrected chi connectivity index (χ3v) is 4.33. The molecule has 2 aromatic carbocycles. The highest BCUT2D eigenvalue weighted by molar-refractivity contribution is 5.84. The third-order valence-electron chi connectivity index (χ3n) is 4.33. The summed E-state index contributed by atoms with van der Waals surface area (Å²) in [5.74, 6) is -0.121. The fourth-order valence-corrected chi connectivity index (χ4v) is 2.83. The van der Waals surface area contributed by atoms with Crippen molar-refractivity contribution in [1.29, 1.82) is 0 Å². The SMILES string of the molecule is COC1CC(c2ccc(NC(=O)OCc3ccccc3)cc2F)C1. The van der Waals surface area contributed by atoms with E-state index >= 15 is 0 Å². The summed E-state index contributed by atoms with van der Waals surface area (Å²) in [5.41, 5.74) is 1.95. The molecule has 4 nitrogen and oxygen atoms in total. The van der Waals surface area contributed by atoms with Gasteiger partial charge in [0.05, 0.1) is 6.10 Å². The quantitative estimate of drug-likeness (QED) is 0.880. The fraction of sp³-hybridized carbons (Fsp3) is 0.316. The molecule has 1 amide bonds. The average molecular weight is 329 g/mol. The summed E-state index contributed by atoms with van der Waals surface area (Å²) < 4.78 is 24.6. The topological polar surface area (TPSA) is 47.6 Å². The number of nitrogens with one attached hydrogen (secondary N) is 1. The van der Waals surface area contributed by atoms with Crippen LogP contribution in [-0.2, 0) is 16.1 Å². The van der Waals surface area contributed by atoms with E-state index in [0.29, 0.717) is 11.3 Å². The monoisotopic (exact) mass is 329 g/mol. The minimum Gasteiger partial charge on any atom is -0.444 e. The zero-order chi connectivity index (χ0) is 16.9. The van der Waals surface area contributed by atoms with Crippen molar-refractivity contribution in [3.8, 4) is 0 Å². The number of hydrogen-bond acceptors (Lipinski definition) is 3. The number of benzene rings is 2. The van der Waals surface area contributed by atoms with Crippen LogP contribution >= 0.6 is 0 Å². The van der Waals surface area contributed by atoms with E-state index in [1.807, 2.05) is 30.3 Å². The van der Waals surface area contributed by atoms with Crippen molar-refractivity contribution in [2.45, 2.75) is 31.5 Å². The highest BCUT2D eigenvalue weighted by Crippen LogP contribution is 2.39. The first-order chi connectivity index (χ1) is 11.7. The van der Waals surface area contributed by atoms with E-state index in [2.05, 4.69) is 5.32 Å². The molecule has 24 heavy (non-hydrogen) atoms. The number of halogens is 1. The van der Waals surface area contributed by atoms with Crippen molar-refractivity contribution in [1.82, 2.24) is 0 Å². The van der Waals surface area contributed by atoms with E-state index in [4.69, 9.17) is 9.47 Å². The van der Waals surface area contributed by atoms with Crippen LogP contribution in [0.4, 0.5) is 14.9 Å². The molecule has 0 aliphatic heterocycles. The number of hydrogen-bond donors (Lipinski definition) is 1. The molecule has 1 aliphatic rings. The molecule has 0 heterocycles. The van der Waals surface area contributed by atoms with Gasteiger partial charge in [-0.25, -0.2) is 9.18 Å². The lowest BCUT2D eigenvalue weighted by molar-refractivity contribution is 0.0250. The van der Waals surface area contributed by atoms with Gasteiger partial charge in [-0.1, -0.05) is 36.4 Å². The van der Waals surface area contributed by atoms with Gasteiger partial charge in [0.25, 0.3) is 0 Å². The molecule has 126 valence electrons. The average Bonchev–Trinajstić information content (AvgIpc) is 2.55. The van der Waals surface area contributed by atoms with Crippen LogP contribution in [0.1, 0.15) is 29.9 Å². The van der Waals surface area contributed by atoms with Gasteiger partial charge in [-0.2, -0.15) is 0 Å². The minimum atomic E-state index is -0.603. The summed E-state index contributed by atoms with van der Waals surface area (Å²) >= 11 is 0. The van der Waals surface area contributed by atoms with Crippen molar-refractivity contribution < 1.29 is 18.7 Å². The summed E-state index contributed by atoms with van der Waals surface area (Å²) in [6.07, 6.45) is 1.28. The van der Waals surface area contributed by atoms with Gasteiger partial charge in [0.1, 0.15) is 12.4 Å². The molecule has 2 aromatic rings. The highest BCUT2D eigenvalue weighted by Gasteiger charge is 2.31.